The van der Waals surface area contributed by atoms with Gasteiger partial charge in [0.25, 0.3) is 0 Å². The first-order chi connectivity index (χ1) is 8.95. The van der Waals surface area contributed by atoms with E-state index in [2.05, 4.69) is 45.0 Å². The summed E-state index contributed by atoms with van der Waals surface area (Å²) in [7, 11) is 0. The molecular formula is C17H26O2. The van der Waals surface area contributed by atoms with Gasteiger partial charge in [0.1, 0.15) is 0 Å². The second kappa shape index (κ2) is 6.06. The number of rotatable bonds is 4. The summed E-state index contributed by atoms with van der Waals surface area (Å²) in [4.78, 5) is 0. The Hall–Kier alpha value is -0.860. The van der Waals surface area contributed by atoms with Gasteiger partial charge in [0.2, 0.25) is 0 Å². The van der Waals surface area contributed by atoms with Gasteiger partial charge in [-0.3, -0.25) is 0 Å². The van der Waals surface area contributed by atoms with Crippen LogP contribution in [0.3, 0.4) is 0 Å². The number of hydrogen-bond acceptors (Lipinski definition) is 2. The number of ether oxygens (including phenoxy) is 1. The van der Waals surface area contributed by atoms with Crippen LogP contribution in [0.4, 0.5) is 0 Å². The second-order valence-corrected chi connectivity index (χ2v) is 6.77. The van der Waals surface area contributed by atoms with Crippen LogP contribution in [-0.2, 0) is 16.6 Å². The van der Waals surface area contributed by atoms with Crippen molar-refractivity contribution < 1.29 is 9.84 Å². The zero-order valence-corrected chi connectivity index (χ0v) is 12.4. The highest BCUT2D eigenvalue weighted by Crippen LogP contribution is 2.23. The molecule has 1 N–H and O–H groups in total. The van der Waals surface area contributed by atoms with Gasteiger partial charge in [-0.2, -0.15) is 0 Å². The molecule has 2 unspecified atom stereocenters. The van der Waals surface area contributed by atoms with E-state index < -0.39 is 0 Å². The fourth-order valence-electron chi connectivity index (χ4n) is 2.65. The molecule has 0 aromatic heterocycles. The topological polar surface area (TPSA) is 29.5 Å². The van der Waals surface area contributed by atoms with Crippen LogP contribution < -0.4 is 0 Å². The van der Waals surface area contributed by atoms with Gasteiger partial charge in [-0.1, -0.05) is 45.0 Å². The van der Waals surface area contributed by atoms with Gasteiger partial charge < -0.3 is 9.84 Å². The summed E-state index contributed by atoms with van der Waals surface area (Å²) in [6, 6.07) is 8.66. The predicted molar refractivity (Wildman–Crippen MR) is 78.4 cm³/mol. The highest BCUT2D eigenvalue weighted by atomic mass is 16.5. The molecule has 1 heterocycles. The van der Waals surface area contributed by atoms with Gasteiger partial charge in [-0.05, 0) is 41.7 Å². The summed E-state index contributed by atoms with van der Waals surface area (Å²) in [6.45, 7) is 8.34. The molecule has 0 radical (unpaired) electrons. The van der Waals surface area contributed by atoms with Crippen LogP contribution in [0.2, 0.25) is 0 Å². The highest BCUT2D eigenvalue weighted by molar-refractivity contribution is 5.27. The third kappa shape index (κ3) is 4.32. The molecule has 2 heteroatoms. The Morgan fingerprint density at radius 2 is 1.95 bits per heavy atom. The summed E-state index contributed by atoms with van der Waals surface area (Å²) in [5.74, 6) is 0.545. The van der Waals surface area contributed by atoms with E-state index in [0.717, 1.165) is 32.5 Å². The van der Waals surface area contributed by atoms with E-state index in [0.29, 0.717) is 5.92 Å². The zero-order chi connectivity index (χ0) is 13.9. The second-order valence-electron chi connectivity index (χ2n) is 6.77. The van der Waals surface area contributed by atoms with E-state index >= 15 is 0 Å². The van der Waals surface area contributed by atoms with Crippen molar-refractivity contribution in [2.75, 3.05) is 13.2 Å². The summed E-state index contributed by atoms with van der Waals surface area (Å²) >= 11 is 0. The van der Waals surface area contributed by atoms with E-state index in [4.69, 9.17) is 4.74 Å². The Kier molecular flexibility index (Phi) is 4.64. The molecule has 1 aromatic carbocycles. The van der Waals surface area contributed by atoms with Gasteiger partial charge in [0.15, 0.2) is 0 Å². The molecule has 1 aliphatic heterocycles. The number of benzene rings is 1. The van der Waals surface area contributed by atoms with Crippen molar-refractivity contribution in [1.29, 1.82) is 0 Å². The summed E-state index contributed by atoms with van der Waals surface area (Å²) in [6.07, 6.45) is 2.47. The van der Waals surface area contributed by atoms with Gasteiger partial charge in [-0.25, -0.2) is 0 Å². The van der Waals surface area contributed by atoms with Crippen LogP contribution >= 0.6 is 0 Å². The molecule has 0 saturated carbocycles. The molecule has 2 rings (SSSR count). The van der Waals surface area contributed by atoms with E-state index in [1.54, 1.807) is 0 Å². The van der Waals surface area contributed by atoms with Crippen LogP contribution in [0.25, 0.3) is 0 Å². The molecule has 1 aliphatic rings. The maximum atomic E-state index is 10.1. The third-order valence-corrected chi connectivity index (χ3v) is 3.92. The molecule has 106 valence electrons. The zero-order valence-electron chi connectivity index (χ0n) is 12.4. The first-order valence-corrected chi connectivity index (χ1v) is 7.30. The molecule has 1 saturated heterocycles. The molecule has 0 aliphatic carbocycles. The Morgan fingerprint density at radius 3 is 2.47 bits per heavy atom. The van der Waals surface area contributed by atoms with Crippen LogP contribution in [-0.4, -0.2) is 24.4 Å². The molecule has 2 nitrogen and oxygen atoms in total. The third-order valence-electron chi connectivity index (χ3n) is 3.92. The largest absolute Gasteiger partial charge is 0.393 e. The number of aliphatic hydroxyl groups excluding tert-OH is 1. The molecule has 0 spiro atoms. The molecular weight excluding hydrogens is 236 g/mol. The minimum atomic E-state index is -0.243. The lowest BCUT2D eigenvalue weighted by molar-refractivity contribution is 0.129. The number of aliphatic hydroxyl groups is 1. The fraction of sp³-hybridized carbons (Fsp3) is 0.647. The summed E-state index contributed by atoms with van der Waals surface area (Å²) < 4.78 is 5.35. The van der Waals surface area contributed by atoms with E-state index in [1.165, 1.54) is 11.1 Å². The molecule has 1 fully saturated rings. The van der Waals surface area contributed by atoms with Crippen LogP contribution in [0, 0.1) is 5.92 Å². The van der Waals surface area contributed by atoms with Crippen molar-refractivity contribution in [2.45, 2.75) is 51.6 Å². The number of hydrogen-bond donors (Lipinski definition) is 1. The Labute approximate surface area is 116 Å². The molecule has 19 heavy (non-hydrogen) atoms. The smallest absolute Gasteiger partial charge is 0.0584 e. The van der Waals surface area contributed by atoms with E-state index in [1.807, 2.05) is 0 Å². The Morgan fingerprint density at radius 1 is 1.26 bits per heavy atom. The van der Waals surface area contributed by atoms with Crippen molar-refractivity contribution in [3.8, 4) is 0 Å². The van der Waals surface area contributed by atoms with Gasteiger partial charge in [0, 0.05) is 13.2 Å². The van der Waals surface area contributed by atoms with Crippen molar-refractivity contribution in [2.24, 2.45) is 5.92 Å². The van der Waals surface area contributed by atoms with E-state index in [-0.39, 0.29) is 11.5 Å². The van der Waals surface area contributed by atoms with E-state index in [9.17, 15) is 5.11 Å². The van der Waals surface area contributed by atoms with Crippen LogP contribution in [0.5, 0.6) is 0 Å². The van der Waals surface area contributed by atoms with Gasteiger partial charge in [-0.15, -0.1) is 0 Å². The van der Waals surface area contributed by atoms with Crippen molar-refractivity contribution in [3.63, 3.8) is 0 Å². The van der Waals surface area contributed by atoms with Crippen molar-refractivity contribution >= 4 is 0 Å². The monoisotopic (exact) mass is 262 g/mol. The highest BCUT2D eigenvalue weighted by Gasteiger charge is 2.20. The maximum Gasteiger partial charge on any atom is 0.0584 e. The fourth-order valence-corrected chi connectivity index (χ4v) is 2.65. The SMILES string of the molecule is CC(C)(C)c1ccc(CC(O)CC2CCOC2)cc1. The lowest BCUT2D eigenvalue weighted by Crippen LogP contribution is -2.17. The van der Waals surface area contributed by atoms with Gasteiger partial charge >= 0.3 is 0 Å². The van der Waals surface area contributed by atoms with Crippen LogP contribution in [0.15, 0.2) is 24.3 Å². The Balaban J connectivity index is 1.88. The molecule has 1 aromatic rings. The predicted octanol–water partition coefficient (Wildman–Crippen LogP) is 3.31. The molecule has 2 atom stereocenters. The standard InChI is InChI=1S/C17H26O2/c1-17(2,3)15-6-4-13(5-7-15)10-16(18)11-14-8-9-19-12-14/h4-7,14,16,18H,8-12H2,1-3H3. The van der Waals surface area contributed by atoms with Crippen molar-refractivity contribution in [1.82, 2.24) is 0 Å². The molecule has 0 amide bonds. The lowest BCUT2D eigenvalue weighted by atomic mass is 9.86. The minimum absolute atomic E-state index is 0.193. The average molecular weight is 262 g/mol. The lowest BCUT2D eigenvalue weighted by Gasteiger charge is -2.20. The minimum Gasteiger partial charge on any atom is -0.393 e. The average Bonchev–Trinajstić information content (AvgIpc) is 2.81. The van der Waals surface area contributed by atoms with Crippen LogP contribution in [0.1, 0.15) is 44.7 Å². The molecule has 0 bridgehead atoms. The first-order valence-electron chi connectivity index (χ1n) is 7.30. The van der Waals surface area contributed by atoms with Crippen molar-refractivity contribution in [3.05, 3.63) is 35.4 Å². The van der Waals surface area contributed by atoms with Gasteiger partial charge in [0.05, 0.1) is 6.10 Å². The normalized spacial score (nSPS) is 21.6. The summed E-state index contributed by atoms with van der Waals surface area (Å²) in [5, 5.41) is 10.1. The summed E-state index contributed by atoms with van der Waals surface area (Å²) in [5.41, 5.74) is 2.76. The Bertz CT molecular complexity index is 383. The first kappa shape index (κ1) is 14.5. The maximum absolute atomic E-state index is 10.1. The quantitative estimate of drug-likeness (QED) is 0.902.